The lowest BCUT2D eigenvalue weighted by Crippen LogP contribution is -2.50. The fourth-order valence-corrected chi connectivity index (χ4v) is 4.77. The molecule has 10 heteroatoms. The number of nitrogens with two attached hydrogens (primary N) is 2. The number of rotatable bonds is 8. The van der Waals surface area contributed by atoms with Crippen LogP contribution in [0.4, 0.5) is 0 Å². The molecule has 3 rings (SSSR count). The Morgan fingerprint density at radius 2 is 1.97 bits per heavy atom. The third-order valence-electron chi connectivity index (χ3n) is 6.06. The molecule has 9 nitrogen and oxygen atoms in total. The molecule has 4 amide bonds. The van der Waals surface area contributed by atoms with Gasteiger partial charge in [-0.25, -0.2) is 0 Å². The maximum Gasteiger partial charge on any atom is 0.265 e. The molecule has 34 heavy (non-hydrogen) atoms. The molecule has 1 aliphatic rings. The largest absolute Gasteiger partial charge is 0.368 e. The minimum Gasteiger partial charge on any atom is -0.368 e. The molecule has 1 aliphatic heterocycles. The van der Waals surface area contributed by atoms with Crippen molar-refractivity contribution in [3.8, 4) is 0 Å². The number of carbonyl (C=O) groups excluding carboxylic acids is 4. The summed E-state index contributed by atoms with van der Waals surface area (Å²) in [5, 5.41) is 6.54. The average molecular weight is 490 g/mol. The summed E-state index contributed by atoms with van der Waals surface area (Å²) in [6, 6.07) is 4.86. The van der Waals surface area contributed by atoms with Gasteiger partial charge in [0.1, 0.15) is 17.8 Å². The average Bonchev–Trinajstić information content (AvgIpc) is 3.13. The molecule has 0 radical (unpaired) electrons. The van der Waals surface area contributed by atoms with Crippen molar-refractivity contribution in [2.24, 2.45) is 22.8 Å². The molecule has 184 valence electrons. The first kappa shape index (κ1) is 25.6. The quantitative estimate of drug-likeness (QED) is 0.449. The molecule has 1 aromatic carbocycles. The van der Waals surface area contributed by atoms with E-state index in [1.54, 1.807) is 28.8 Å². The van der Waals surface area contributed by atoms with Crippen LogP contribution < -0.4 is 22.1 Å². The number of aromatic nitrogens is 1. The molecule has 0 bridgehead atoms. The van der Waals surface area contributed by atoms with Crippen LogP contribution in [0.15, 0.2) is 24.3 Å². The molecule has 1 fully saturated rings. The van der Waals surface area contributed by atoms with Crippen molar-refractivity contribution in [3.05, 3.63) is 35.0 Å². The zero-order valence-corrected chi connectivity index (χ0v) is 20.4. The first-order chi connectivity index (χ1) is 15.9. The van der Waals surface area contributed by atoms with Gasteiger partial charge in [-0.05, 0) is 43.2 Å². The van der Waals surface area contributed by atoms with E-state index in [1.807, 2.05) is 20.8 Å². The van der Waals surface area contributed by atoms with Crippen molar-refractivity contribution >= 4 is 46.1 Å². The van der Waals surface area contributed by atoms with Crippen LogP contribution in [0.3, 0.4) is 0 Å². The summed E-state index contributed by atoms with van der Waals surface area (Å²) in [6.45, 7) is 6.47. The van der Waals surface area contributed by atoms with Gasteiger partial charge in [0.15, 0.2) is 0 Å². The second-order valence-electron chi connectivity index (χ2n) is 10.1. The monoisotopic (exact) mass is 489 g/mol. The van der Waals surface area contributed by atoms with Crippen LogP contribution in [0.2, 0.25) is 5.02 Å². The highest BCUT2D eigenvalue weighted by Crippen LogP contribution is 2.35. The van der Waals surface area contributed by atoms with E-state index < -0.39 is 35.7 Å². The van der Waals surface area contributed by atoms with Gasteiger partial charge in [-0.2, -0.15) is 0 Å². The Kier molecular flexibility index (Phi) is 7.55. The van der Waals surface area contributed by atoms with Gasteiger partial charge in [0.25, 0.3) is 5.91 Å². The Labute approximate surface area is 203 Å². The van der Waals surface area contributed by atoms with Gasteiger partial charge < -0.3 is 26.7 Å². The second-order valence-corrected chi connectivity index (χ2v) is 10.5. The van der Waals surface area contributed by atoms with Crippen molar-refractivity contribution in [1.82, 2.24) is 15.2 Å². The molecule has 0 aliphatic carbocycles. The van der Waals surface area contributed by atoms with Crippen LogP contribution in [-0.4, -0.2) is 40.8 Å². The number of carbonyl (C=O) groups is 4. The van der Waals surface area contributed by atoms with Gasteiger partial charge in [0, 0.05) is 17.8 Å². The van der Waals surface area contributed by atoms with Crippen molar-refractivity contribution in [2.45, 2.75) is 58.5 Å². The van der Waals surface area contributed by atoms with Gasteiger partial charge in [-0.1, -0.05) is 44.5 Å². The van der Waals surface area contributed by atoms with E-state index in [0.29, 0.717) is 35.3 Å². The predicted molar refractivity (Wildman–Crippen MR) is 130 cm³/mol. The van der Waals surface area contributed by atoms with E-state index in [-0.39, 0.29) is 23.4 Å². The molecule has 0 unspecified atom stereocenters. The smallest absolute Gasteiger partial charge is 0.265 e. The number of nitrogens with one attached hydrogen (secondary N) is 2. The summed E-state index contributed by atoms with van der Waals surface area (Å²) in [5.74, 6) is -2.52. The topological polar surface area (TPSA) is 149 Å². The van der Waals surface area contributed by atoms with Crippen LogP contribution in [0, 0.1) is 11.3 Å². The van der Waals surface area contributed by atoms with Crippen LogP contribution >= 0.6 is 11.6 Å². The lowest BCUT2D eigenvalue weighted by atomic mass is 9.87. The minimum absolute atomic E-state index is 0.102. The van der Waals surface area contributed by atoms with E-state index >= 15 is 0 Å². The Morgan fingerprint density at radius 1 is 1.26 bits per heavy atom. The fraction of sp³-hybridized carbons (Fsp3) is 0.500. The van der Waals surface area contributed by atoms with E-state index in [9.17, 15) is 19.2 Å². The molecule has 6 N–H and O–H groups in total. The highest BCUT2D eigenvalue weighted by Gasteiger charge is 2.35. The van der Waals surface area contributed by atoms with E-state index in [2.05, 4.69) is 10.6 Å². The molecular weight excluding hydrogens is 458 g/mol. The van der Waals surface area contributed by atoms with Gasteiger partial charge >= 0.3 is 0 Å². The number of fused-ring (bicyclic) bond motifs is 1. The number of piperidine rings is 1. The summed E-state index contributed by atoms with van der Waals surface area (Å²) in [5.41, 5.74) is 11.6. The molecule has 1 aromatic heterocycles. The maximum absolute atomic E-state index is 13.7. The first-order valence-electron chi connectivity index (χ1n) is 11.4. The SMILES string of the molecule is CC(C)(C)C[C@@H](C(=O)N[C@@H](C[C@@H]1CCCNC1=O)C(N)=O)n1c(C(N)=O)cc2cccc(Cl)c21. The molecule has 1 saturated heterocycles. The summed E-state index contributed by atoms with van der Waals surface area (Å²) in [7, 11) is 0. The van der Waals surface area contributed by atoms with Crippen LogP contribution in [0.5, 0.6) is 0 Å². The number of hydrogen-bond acceptors (Lipinski definition) is 4. The van der Waals surface area contributed by atoms with Crippen molar-refractivity contribution in [1.29, 1.82) is 0 Å². The summed E-state index contributed by atoms with van der Waals surface area (Å²) >= 11 is 6.48. The summed E-state index contributed by atoms with van der Waals surface area (Å²) in [6.07, 6.45) is 1.83. The van der Waals surface area contributed by atoms with Gasteiger partial charge in [-0.15, -0.1) is 0 Å². The fourth-order valence-electron chi connectivity index (χ4n) is 4.49. The van der Waals surface area contributed by atoms with Crippen LogP contribution in [0.1, 0.15) is 63.0 Å². The molecule has 2 aromatic rings. The predicted octanol–water partition coefficient (Wildman–Crippen LogP) is 2.26. The van der Waals surface area contributed by atoms with Crippen molar-refractivity contribution < 1.29 is 19.2 Å². The van der Waals surface area contributed by atoms with Gasteiger partial charge in [0.05, 0.1) is 10.5 Å². The second kappa shape index (κ2) is 10.0. The number of primary amides is 2. The Balaban J connectivity index is 2.02. The maximum atomic E-state index is 13.7. The molecule has 3 atom stereocenters. The van der Waals surface area contributed by atoms with Gasteiger partial charge in [0.2, 0.25) is 17.7 Å². The number of amides is 4. The Bertz CT molecular complexity index is 1120. The van der Waals surface area contributed by atoms with Gasteiger partial charge in [-0.3, -0.25) is 19.2 Å². The zero-order valence-electron chi connectivity index (χ0n) is 19.7. The zero-order chi connectivity index (χ0) is 25.2. The summed E-state index contributed by atoms with van der Waals surface area (Å²) in [4.78, 5) is 50.4. The lowest BCUT2D eigenvalue weighted by Gasteiger charge is -2.30. The highest BCUT2D eigenvalue weighted by molar-refractivity contribution is 6.35. The first-order valence-corrected chi connectivity index (χ1v) is 11.7. The van der Waals surface area contributed by atoms with E-state index in [1.165, 1.54) is 0 Å². The minimum atomic E-state index is -1.04. The number of benzene rings is 1. The van der Waals surface area contributed by atoms with E-state index in [4.69, 9.17) is 23.1 Å². The number of nitrogens with zero attached hydrogens (tertiary/aromatic N) is 1. The Hall–Kier alpha value is -3.07. The standard InChI is InChI=1S/C24H32ClN5O4/c1-24(2,3)12-18(30-17(21(27)32)11-13-6-4-8-15(25)19(13)30)23(34)29-16(20(26)31)10-14-7-5-9-28-22(14)33/h4,6,8,11,14,16,18H,5,7,9-10,12H2,1-3H3,(H2,26,31)(H2,27,32)(H,28,33)(H,29,34)/t14-,16-,18-/m0/s1. The normalized spacial score (nSPS) is 18.2. The number of hydrogen-bond donors (Lipinski definition) is 4. The third kappa shape index (κ3) is 5.70. The number of para-hydroxylation sites is 1. The van der Waals surface area contributed by atoms with Crippen molar-refractivity contribution in [2.75, 3.05) is 6.54 Å². The lowest BCUT2D eigenvalue weighted by molar-refractivity contribution is -0.132. The van der Waals surface area contributed by atoms with E-state index in [0.717, 1.165) is 6.42 Å². The summed E-state index contributed by atoms with van der Waals surface area (Å²) < 4.78 is 1.55. The van der Waals surface area contributed by atoms with Crippen LogP contribution in [-0.2, 0) is 14.4 Å². The highest BCUT2D eigenvalue weighted by atomic mass is 35.5. The number of halogens is 1. The Morgan fingerprint density at radius 3 is 2.56 bits per heavy atom. The molecular formula is C24H32ClN5O4. The van der Waals surface area contributed by atoms with Crippen LogP contribution in [0.25, 0.3) is 10.9 Å². The molecule has 0 saturated carbocycles. The molecule has 2 heterocycles. The third-order valence-corrected chi connectivity index (χ3v) is 6.37. The molecule has 0 spiro atoms. The van der Waals surface area contributed by atoms with Crippen molar-refractivity contribution in [3.63, 3.8) is 0 Å².